The van der Waals surface area contributed by atoms with Crippen LogP contribution in [0.3, 0.4) is 0 Å². The summed E-state index contributed by atoms with van der Waals surface area (Å²) in [5, 5.41) is 2.02. The predicted octanol–water partition coefficient (Wildman–Crippen LogP) is 4.27. The first-order chi connectivity index (χ1) is 13.6. The Labute approximate surface area is 169 Å². The van der Waals surface area contributed by atoms with Gasteiger partial charge in [0.15, 0.2) is 4.96 Å². The summed E-state index contributed by atoms with van der Waals surface area (Å²) in [4.78, 5) is 20.3. The van der Waals surface area contributed by atoms with Crippen molar-refractivity contribution in [2.75, 3.05) is 27.3 Å². The van der Waals surface area contributed by atoms with Crippen molar-refractivity contribution in [1.82, 2.24) is 14.3 Å². The van der Waals surface area contributed by atoms with Crippen molar-refractivity contribution in [2.45, 2.75) is 33.1 Å². The van der Waals surface area contributed by atoms with Crippen molar-refractivity contribution in [3.05, 3.63) is 35.5 Å². The van der Waals surface area contributed by atoms with Gasteiger partial charge in [-0.25, -0.2) is 4.98 Å². The minimum Gasteiger partial charge on any atom is -0.497 e. The Bertz CT molecular complexity index is 942. The third-order valence-corrected chi connectivity index (χ3v) is 5.53. The molecule has 0 aliphatic rings. The fourth-order valence-corrected chi connectivity index (χ4v) is 4.14. The van der Waals surface area contributed by atoms with Gasteiger partial charge in [-0.3, -0.25) is 9.20 Å². The minimum absolute atomic E-state index is 0.164. The molecule has 150 valence electrons. The number of ether oxygens (including phenoxy) is 2. The molecule has 1 amide bonds. The molecule has 7 heteroatoms. The highest BCUT2D eigenvalue weighted by molar-refractivity contribution is 7.15. The standard InChI is InChI=1S/C21H27N3O3S/c1-5-9-23(10-6-2)20(25)11-15-14-28-21-22-18(13-24(15)21)17-12-16(26-3)7-8-19(17)27-4/h7-8,12-14H,5-6,9-11H2,1-4H3. The van der Waals surface area contributed by atoms with Crippen molar-refractivity contribution in [1.29, 1.82) is 0 Å². The van der Waals surface area contributed by atoms with Crippen LogP contribution in [0, 0.1) is 0 Å². The summed E-state index contributed by atoms with van der Waals surface area (Å²) in [7, 11) is 3.28. The van der Waals surface area contributed by atoms with E-state index in [1.165, 1.54) is 0 Å². The van der Waals surface area contributed by atoms with Crippen LogP contribution in [0.15, 0.2) is 29.8 Å². The maximum Gasteiger partial charge on any atom is 0.228 e. The third-order valence-electron chi connectivity index (χ3n) is 4.64. The molecular weight excluding hydrogens is 374 g/mol. The number of thiazole rings is 1. The molecule has 0 aliphatic heterocycles. The van der Waals surface area contributed by atoms with Crippen LogP contribution >= 0.6 is 11.3 Å². The van der Waals surface area contributed by atoms with Crippen LogP contribution in [0.25, 0.3) is 16.2 Å². The third kappa shape index (κ3) is 4.14. The Balaban J connectivity index is 1.91. The Morgan fingerprint density at radius 2 is 1.93 bits per heavy atom. The second-order valence-corrected chi connectivity index (χ2v) is 7.47. The predicted molar refractivity (Wildman–Crippen MR) is 112 cm³/mol. The van der Waals surface area contributed by atoms with Gasteiger partial charge in [0.1, 0.15) is 11.5 Å². The van der Waals surface area contributed by atoms with Crippen molar-refractivity contribution < 1.29 is 14.3 Å². The van der Waals surface area contributed by atoms with Crippen LogP contribution in [0.2, 0.25) is 0 Å². The van der Waals surface area contributed by atoms with Crippen LogP contribution in [0.1, 0.15) is 32.4 Å². The van der Waals surface area contributed by atoms with Gasteiger partial charge < -0.3 is 14.4 Å². The van der Waals surface area contributed by atoms with E-state index < -0.39 is 0 Å². The molecule has 0 saturated heterocycles. The Morgan fingerprint density at radius 1 is 1.18 bits per heavy atom. The number of fused-ring (bicyclic) bond motifs is 1. The molecule has 6 nitrogen and oxygen atoms in total. The van der Waals surface area contributed by atoms with Gasteiger partial charge in [-0.2, -0.15) is 0 Å². The lowest BCUT2D eigenvalue weighted by Gasteiger charge is -2.21. The number of methoxy groups -OCH3 is 2. The van der Waals surface area contributed by atoms with E-state index in [0.29, 0.717) is 6.42 Å². The van der Waals surface area contributed by atoms with Crippen molar-refractivity contribution in [2.24, 2.45) is 0 Å². The molecule has 0 atom stereocenters. The molecule has 0 aliphatic carbocycles. The van der Waals surface area contributed by atoms with Crippen LogP contribution in [0.5, 0.6) is 11.5 Å². The second kappa shape index (κ2) is 9.10. The Morgan fingerprint density at radius 3 is 2.57 bits per heavy atom. The lowest BCUT2D eigenvalue weighted by atomic mass is 10.1. The number of hydrogen-bond donors (Lipinski definition) is 0. The maximum atomic E-state index is 12.8. The first kappa shape index (κ1) is 20.2. The first-order valence-corrected chi connectivity index (χ1v) is 10.4. The van der Waals surface area contributed by atoms with Gasteiger partial charge in [-0.1, -0.05) is 13.8 Å². The van der Waals surface area contributed by atoms with E-state index in [-0.39, 0.29) is 5.91 Å². The summed E-state index contributed by atoms with van der Waals surface area (Å²) in [5.41, 5.74) is 2.63. The van der Waals surface area contributed by atoms with Gasteiger partial charge in [0, 0.05) is 35.9 Å². The minimum atomic E-state index is 0.164. The van der Waals surface area contributed by atoms with Gasteiger partial charge in [-0.15, -0.1) is 11.3 Å². The van der Waals surface area contributed by atoms with Gasteiger partial charge in [-0.05, 0) is 31.0 Å². The molecule has 0 radical (unpaired) electrons. The largest absolute Gasteiger partial charge is 0.497 e. The smallest absolute Gasteiger partial charge is 0.228 e. The number of imidazole rings is 1. The number of nitrogens with zero attached hydrogens (tertiary/aromatic N) is 3. The molecule has 3 aromatic rings. The van der Waals surface area contributed by atoms with E-state index in [4.69, 9.17) is 14.5 Å². The highest BCUT2D eigenvalue weighted by atomic mass is 32.1. The van der Waals surface area contributed by atoms with E-state index in [1.807, 2.05) is 39.1 Å². The highest BCUT2D eigenvalue weighted by Crippen LogP contribution is 2.34. The molecule has 0 saturated carbocycles. The number of carbonyl (C=O) groups is 1. The Hall–Kier alpha value is -2.54. The van der Waals surface area contributed by atoms with Crippen LogP contribution < -0.4 is 9.47 Å². The van der Waals surface area contributed by atoms with Gasteiger partial charge in [0.2, 0.25) is 5.91 Å². The summed E-state index contributed by atoms with van der Waals surface area (Å²) in [6, 6.07) is 5.65. The summed E-state index contributed by atoms with van der Waals surface area (Å²) in [6.07, 6.45) is 4.28. The summed E-state index contributed by atoms with van der Waals surface area (Å²) in [6.45, 7) is 5.80. The van der Waals surface area contributed by atoms with Crippen LogP contribution in [-0.4, -0.2) is 47.5 Å². The molecule has 1 aromatic carbocycles. The van der Waals surface area contributed by atoms with Gasteiger partial charge in [0.25, 0.3) is 0 Å². The number of amides is 1. The molecule has 2 heterocycles. The average Bonchev–Trinajstić information content (AvgIpc) is 3.29. The zero-order chi connectivity index (χ0) is 20.1. The molecule has 0 bridgehead atoms. The number of hydrogen-bond acceptors (Lipinski definition) is 5. The second-order valence-electron chi connectivity index (χ2n) is 6.63. The fraction of sp³-hybridized carbons (Fsp3) is 0.429. The number of benzene rings is 1. The van der Waals surface area contributed by atoms with Crippen LogP contribution in [-0.2, 0) is 11.2 Å². The molecular formula is C21H27N3O3S. The van der Waals surface area contributed by atoms with E-state index in [0.717, 1.165) is 59.3 Å². The van der Waals surface area contributed by atoms with E-state index in [2.05, 4.69) is 13.8 Å². The molecule has 2 aromatic heterocycles. The number of aromatic nitrogens is 2. The fourth-order valence-electron chi connectivity index (χ4n) is 3.27. The zero-order valence-electron chi connectivity index (χ0n) is 16.9. The van der Waals surface area contributed by atoms with Crippen LogP contribution in [0.4, 0.5) is 0 Å². The maximum absolute atomic E-state index is 12.8. The SMILES string of the molecule is CCCN(CCC)C(=O)Cc1csc2nc(-c3cc(OC)ccc3OC)cn12. The van der Waals surface area contributed by atoms with Gasteiger partial charge in [0.05, 0.1) is 26.3 Å². The lowest BCUT2D eigenvalue weighted by Crippen LogP contribution is -2.33. The molecule has 28 heavy (non-hydrogen) atoms. The quantitative estimate of drug-likeness (QED) is 0.537. The molecule has 0 unspecified atom stereocenters. The zero-order valence-corrected chi connectivity index (χ0v) is 17.7. The Kier molecular flexibility index (Phi) is 6.57. The molecule has 3 rings (SSSR count). The van der Waals surface area contributed by atoms with Crippen molar-refractivity contribution in [3.63, 3.8) is 0 Å². The molecule has 0 fully saturated rings. The summed E-state index contributed by atoms with van der Waals surface area (Å²) < 4.78 is 12.8. The summed E-state index contributed by atoms with van der Waals surface area (Å²) >= 11 is 1.54. The molecule has 0 N–H and O–H groups in total. The number of carbonyl (C=O) groups excluding carboxylic acids is 1. The van der Waals surface area contributed by atoms with E-state index in [9.17, 15) is 4.79 Å². The monoisotopic (exact) mass is 401 g/mol. The van der Waals surface area contributed by atoms with Crippen molar-refractivity contribution in [3.8, 4) is 22.8 Å². The number of rotatable bonds is 9. The lowest BCUT2D eigenvalue weighted by molar-refractivity contribution is -0.130. The summed E-state index contributed by atoms with van der Waals surface area (Å²) in [5.74, 6) is 1.65. The van der Waals surface area contributed by atoms with Gasteiger partial charge >= 0.3 is 0 Å². The van der Waals surface area contributed by atoms with E-state index >= 15 is 0 Å². The molecule has 0 spiro atoms. The highest BCUT2D eigenvalue weighted by Gasteiger charge is 2.18. The topological polar surface area (TPSA) is 56.1 Å². The first-order valence-electron chi connectivity index (χ1n) is 9.56. The van der Waals surface area contributed by atoms with E-state index in [1.54, 1.807) is 25.6 Å². The normalized spacial score (nSPS) is 11.0. The van der Waals surface area contributed by atoms with Crippen molar-refractivity contribution >= 4 is 22.2 Å². The average molecular weight is 402 g/mol.